The first kappa shape index (κ1) is 15.6. The van der Waals surface area contributed by atoms with Gasteiger partial charge in [0.25, 0.3) is 0 Å². The summed E-state index contributed by atoms with van der Waals surface area (Å²) in [7, 11) is 0. The maximum atomic E-state index is 10.3. The van der Waals surface area contributed by atoms with Crippen molar-refractivity contribution in [2.45, 2.75) is 20.8 Å². The number of hydrogen-bond donors (Lipinski definition) is 1. The molecule has 0 heterocycles. The Hall–Kier alpha value is -2.42. The average molecular weight is 269 g/mol. The highest BCUT2D eigenvalue weighted by Gasteiger charge is 1.93. The second kappa shape index (κ2) is 7.24. The summed E-state index contributed by atoms with van der Waals surface area (Å²) >= 11 is 0. The van der Waals surface area contributed by atoms with Crippen molar-refractivity contribution in [2.24, 2.45) is 0 Å². The molecule has 3 nitrogen and oxygen atoms in total. The summed E-state index contributed by atoms with van der Waals surface area (Å²) in [6.07, 6.45) is 1.65. The number of rotatable bonds is 2. The van der Waals surface area contributed by atoms with Crippen LogP contribution in [0, 0.1) is 20.8 Å². The van der Waals surface area contributed by atoms with Gasteiger partial charge in [-0.15, -0.1) is 0 Å². The molecule has 0 unspecified atom stereocenters. The predicted octanol–water partition coefficient (Wildman–Crippen LogP) is 3.51. The van der Waals surface area contributed by atoms with Crippen LogP contribution in [0.25, 0.3) is 0 Å². The monoisotopic (exact) mass is 269 g/mol. The van der Waals surface area contributed by atoms with Crippen LogP contribution in [-0.4, -0.2) is 12.6 Å². The first-order valence-corrected chi connectivity index (χ1v) is 6.31. The molecule has 2 aromatic carbocycles. The van der Waals surface area contributed by atoms with Crippen molar-refractivity contribution in [3.8, 4) is 0 Å². The van der Waals surface area contributed by atoms with Crippen LogP contribution in [-0.2, 0) is 0 Å². The standard InChI is InChI=1S/C9H10O.C8H9NO/c1-7-3-4-9(6-10)5-8(7)2;1-6-2-3-7(5-10)4-8(6)9/h3-6H,1-2H3;2-5H,9H2,1H3. The molecule has 0 fully saturated rings. The molecule has 0 saturated heterocycles. The molecule has 0 aliphatic rings. The van der Waals surface area contributed by atoms with Crippen molar-refractivity contribution in [1.82, 2.24) is 0 Å². The SMILES string of the molecule is Cc1ccc(C=O)cc1C.Cc1ccc(C=O)cc1N. The Morgan fingerprint density at radius 1 is 0.750 bits per heavy atom. The van der Waals surface area contributed by atoms with Crippen LogP contribution >= 0.6 is 0 Å². The molecule has 0 radical (unpaired) electrons. The second-order valence-corrected chi connectivity index (χ2v) is 4.70. The summed E-state index contributed by atoms with van der Waals surface area (Å²) in [6, 6.07) is 10.9. The molecule has 0 aliphatic heterocycles. The maximum absolute atomic E-state index is 10.3. The minimum atomic E-state index is 0.628. The van der Waals surface area contributed by atoms with Crippen LogP contribution in [0.2, 0.25) is 0 Å². The summed E-state index contributed by atoms with van der Waals surface area (Å²) in [5, 5.41) is 0. The number of nitrogen functional groups attached to an aromatic ring is 1. The smallest absolute Gasteiger partial charge is 0.150 e. The van der Waals surface area contributed by atoms with Crippen molar-refractivity contribution in [2.75, 3.05) is 5.73 Å². The largest absolute Gasteiger partial charge is 0.398 e. The molecular weight excluding hydrogens is 250 g/mol. The Kier molecular flexibility index (Phi) is 5.66. The van der Waals surface area contributed by atoms with E-state index in [2.05, 4.69) is 0 Å². The summed E-state index contributed by atoms with van der Waals surface area (Å²) in [4.78, 5) is 20.5. The van der Waals surface area contributed by atoms with E-state index < -0.39 is 0 Å². The Morgan fingerprint density at radius 3 is 1.70 bits per heavy atom. The normalized spacial score (nSPS) is 9.35. The van der Waals surface area contributed by atoms with Gasteiger partial charge in [-0.25, -0.2) is 0 Å². The van der Waals surface area contributed by atoms with Crippen molar-refractivity contribution in [3.05, 3.63) is 64.2 Å². The number of carbonyl (C=O) groups is 2. The van der Waals surface area contributed by atoms with E-state index >= 15 is 0 Å². The molecule has 0 bridgehead atoms. The van der Waals surface area contributed by atoms with Gasteiger partial charge in [0.05, 0.1) is 0 Å². The summed E-state index contributed by atoms with van der Waals surface area (Å²) in [5.74, 6) is 0. The highest BCUT2D eigenvalue weighted by Crippen LogP contribution is 2.10. The third kappa shape index (κ3) is 4.35. The predicted molar refractivity (Wildman–Crippen MR) is 82.3 cm³/mol. The zero-order valence-electron chi connectivity index (χ0n) is 12.0. The first-order valence-electron chi connectivity index (χ1n) is 6.31. The number of aryl methyl sites for hydroxylation is 3. The number of benzene rings is 2. The number of hydrogen-bond acceptors (Lipinski definition) is 3. The molecule has 0 amide bonds. The van der Waals surface area contributed by atoms with Gasteiger partial charge < -0.3 is 5.73 Å². The van der Waals surface area contributed by atoms with Gasteiger partial charge in [-0.2, -0.15) is 0 Å². The summed E-state index contributed by atoms with van der Waals surface area (Å²) in [6.45, 7) is 5.94. The molecular formula is C17H19NO2. The maximum Gasteiger partial charge on any atom is 0.150 e. The van der Waals surface area contributed by atoms with Gasteiger partial charge in [0.15, 0.2) is 0 Å². The fourth-order valence-corrected chi connectivity index (χ4v) is 1.57. The quantitative estimate of drug-likeness (QED) is 0.670. The van der Waals surface area contributed by atoms with Crippen molar-refractivity contribution in [3.63, 3.8) is 0 Å². The lowest BCUT2D eigenvalue weighted by atomic mass is 10.1. The molecule has 104 valence electrons. The van der Waals surface area contributed by atoms with Gasteiger partial charge in [-0.3, -0.25) is 9.59 Å². The van der Waals surface area contributed by atoms with Crippen molar-refractivity contribution in [1.29, 1.82) is 0 Å². The van der Waals surface area contributed by atoms with Crippen LogP contribution in [0.1, 0.15) is 37.4 Å². The lowest BCUT2D eigenvalue weighted by Crippen LogP contribution is -1.90. The van der Waals surface area contributed by atoms with E-state index in [1.54, 1.807) is 12.1 Å². The first-order chi connectivity index (χ1) is 9.47. The number of anilines is 1. The van der Waals surface area contributed by atoms with Gasteiger partial charge in [-0.1, -0.05) is 24.3 Å². The summed E-state index contributed by atoms with van der Waals surface area (Å²) < 4.78 is 0. The van der Waals surface area contributed by atoms with Gasteiger partial charge in [0, 0.05) is 16.8 Å². The van der Waals surface area contributed by atoms with E-state index in [0.717, 1.165) is 23.7 Å². The molecule has 2 N–H and O–H groups in total. The molecule has 0 atom stereocenters. The van der Waals surface area contributed by atoms with Crippen LogP contribution in [0.5, 0.6) is 0 Å². The highest BCUT2D eigenvalue weighted by molar-refractivity contribution is 5.77. The third-order valence-electron chi connectivity index (χ3n) is 3.11. The van der Waals surface area contributed by atoms with E-state index in [-0.39, 0.29) is 0 Å². The van der Waals surface area contributed by atoms with Crippen molar-refractivity contribution >= 4 is 18.3 Å². The van der Waals surface area contributed by atoms with E-state index in [1.165, 1.54) is 11.1 Å². The molecule has 2 aromatic rings. The minimum absolute atomic E-state index is 0.628. The molecule has 0 aliphatic carbocycles. The zero-order chi connectivity index (χ0) is 15.1. The molecule has 3 heteroatoms. The average Bonchev–Trinajstić information content (AvgIpc) is 2.45. The van der Waals surface area contributed by atoms with Crippen LogP contribution in [0.4, 0.5) is 5.69 Å². The fourth-order valence-electron chi connectivity index (χ4n) is 1.57. The van der Waals surface area contributed by atoms with E-state index in [0.29, 0.717) is 11.3 Å². The van der Waals surface area contributed by atoms with E-state index in [1.807, 2.05) is 45.0 Å². The van der Waals surface area contributed by atoms with Gasteiger partial charge >= 0.3 is 0 Å². The number of carbonyl (C=O) groups excluding carboxylic acids is 2. The number of nitrogens with two attached hydrogens (primary N) is 1. The Balaban J connectivity index is 0.000000200. The van der Waals surface area contributed by atoms with Gasteiger partial charge in [-0.05, 0) is 49.6 Å². The molecule has 0 spiro atoms. The molecule has 2 rings (SSSR count). The Morgan fingerprint density at radius 2 is 1.25 bits per heavy atom. The topological polar surface area (TPSA) is 60.2 Å². The van der Waals surface area contributed by atoms with Gasteiger partial charge in [0.1, 0.15) is 12.6 Å². The molecule has 0 aromatic heterocycles. The van der Waals surface area contributed by atoms with Crippen molar-refractivity contribution < 1.29 is 9.59 Å². The fraction of sp³-hybridized carbons (Fsp3) is 0.176. The Bertz CT molecular complexity index is 563. The van der Waals surface area contributed by atoms with Crippen LogP contribution < -0.4 is 5.73 Å². The summed E-state index contributed by atoms with van der Waals surface area (Å²) in [5.41, 5.74) is 11.0. The van der Waals surface area contributed by atoms with Crippen LogP contribution in [0.15, 0.2) is 36.4 Å². The molecule has 20 heavy (non-hydrogen) atoms. The highest BCUT2D eigenvalue weighted by atomic mass is 16.1. The Labute approximate surface area is 119 Å². The third-order valence-corrected chi connectivity index (χ3v) is 3.11. The van der Waals surface area contributed by atoms with Gasteiger partial charge in [0.2, 0.25) is 0 Å². The second-order valence-electron chi connectivity index (χ2n) is 4.70. The van der Waals surface area contributed by atoms with E-state index in [4.69, 9.17) is 5.73 Å². The molecule has 0 saturated carbocycles. The number of aldehydes is 2. The van der Waals surface area contributed by atoms with E-state index in [9.17, 15) is 9.59 Å². The lowest BCUT2D eigenvalue weighted by Gasteiger charge is -1.97. The lowest BCUT2D eigenvalue weighted by molar-refractivity contribution is 0.111. The zero-order valence-corrected chi connectivity index (χ0v) is 12.0. The minimum Gasteiger partial charge on any atom is -0.398 e. The van der Waals surface area contributed by atoms with Crippen LogP contribution in [0.3, 0.4) is 0 Å².